The van der Waals surface area contributed by atoms with Crippen LogP contribution in [0.15, 0.2) is 0 Å². The van der Waals surface area contributed by atoms with Gasteiger partial charge in [-0.2, -0.15) is 0 Å². The summed E-state index contributed by atoms with van der Waals surface area (Å²) in [5.41, 5.74) is 5.20. The fraction of sp³-hybridized carbons (Fsp3) is 0.889. The third-order valence-electron chi connectivity index (χ3n) is 1.86. The molecule has 1 amide bonds. The zero-order chi connectivity index (χ0) is 11.7. The van der Waals surface area contributed by atoms with E-state index < -0.39 is 21.5 Å². The first-order chi connectivity index (χ1) is 7.02. The number of carbonyl (C=O) groups excluding carboxylic acids is 1. The summed E-state index contributed by atoms with van der Waals surface area (Å²) >= 11 is 0. The van der Waals surface area contributed by atoms with Gasteiger partial charge in [0.05, 0.1) is 5.75 Å². The van der Waals surface area contributed by atoms with Crippen LogP contribution in [0, 0.1) is 0 Å². The summed E-state index contributed by atoms with van der Waals surface area (Å²) in [6, 6.07) is 0. The molecule has 0 aromatic rings. The van der Waals surface area contributed by atoms with E-state index >= 15 is 0 Å². The van der Waals surface area contributed by atoms with Gasteiger partial charge in [0.25, 0.3) is 0 Å². The molecule has 0 aliphatic carbocycles. The topological polar surface area (TPSA) is 89.3 Å². The van der Waals surface area contributed by atoms with E-state index in [1.54, 1.807) is 0 Å². The summed E-state index contributed by atoms with van der Waals surface area (Å²) < 4.78 is 22.6. The number of nitrogens with one attached hydrogen (secondary N) is 1. The molecule has 0 unspecified atom stereocenters. The van der Waals surface area contributed by atoms with E-state index in [0.29, 0.717) is 19.5 Å². The Morgan fingerprint density at radius 1 is 1.33 bits per heavy atom. The number of hydrogen-bond donors (Lipinski definition) is 2. The van der Waals surface area contributed by atoms with Crippen molar-refractivity contribution in [3.63, 3.8) is 0 Å². The van der Waals surface area contributed by atoms with E-state index in [0.717, 1.165) is 12.8 Å². The molecule has 0 aliphatic heterocycles. The number of unbranched alkanes of at least 4 members (excludes halogenated alkanes) is 1. The second-order valence-corrected chi connectivity index (χ2v) is 5.62. The van der Waals surface area contributed by atoms with Gasteiger partial charge in [-0.1, -0.05) is 13.3 Å². The third kappa shape index (κ3) is 8.38. The first kappa shape index (κ1) is 14.4. The number of rotatable bonds is 8. The smallest absolute Gasteiger partial charge is 0.235 e. The Morgan fingerprint density at radius 2 is 2.00 bits per heavy atom. The normalized spacial score (nSPS) is 11.3. The lowest BCUT2D eigenvalue weighted by Gasteiger charge is -2.05. The molecular weight excluding hydrogens is 216 g/mol. The molecule has 0 atom stereocenters. The summed E-state index contributed by atoms with van der Waals surface area (Å²) in [7, 11) is -3.27. The molecule has 0 fully saturated rings. The van der Waals surface area contributed by atoms with Crippen molar-refractivity contribution in [3.8, 4) is 0 Å². The van der Waals surface area contributed by atoms with Gasteiger partial charge in [-0.15, -0.1) is 0 Å². The summed E-state index contributed by atoms with van der Waals surface area (Å²) in [6.45, 7) is 2.88. The molecule has 0 bridgehead atoms. The predicted octanol–water partition coefficient (Wildman–Crippen LogP) is -0.334. The highest BCUT2D eigenvalue weighted by molar-refractivity contribution is 7.92. The van der Waals surface area contributed by atoms with Crippen molar-refractivity contribution in [3.05, 3.63) is 0 Å². The number of hydrogen-bond acceptors (Lipinski definition) is 4. The molecular formula is C9H20N2O3S. The highest BCUT2D eigenvalue weighted by atomic mass is 32.2. The summed E-state index contributed by atoms with van der Waals surface area (Å²) in [4.78, 5) is 11.2. The van der Waals surface area contributed by atoms with E-state index in [1.807, 2.05) is 6.92 Å². The summed E-state index contributed by atoms with van der Waals surface area (Å²) in [6.07, 6.45) is 2.25. The Bertz CT molecular complexity index is 275. The van der Waals surface area contributed by atoms with Gasteiger partial charge in [0.2, 0.25) is 5.91 Å². The minimum absolute atomic E-state index is 0.00923. The quantitative estimate of drug-likeness (QED) is 0.565. The van der Waals surface area contributed by atoms with Crippen molar-refractivity contribution in [2.24, 2.45) is 5.73 Å². The van der Waals surface area contributed by atoms with Gasteiger partial charge in [0.1, 0.15) is 5.75 Å². The lowest BCUT2D eigenvalue weighted by atomic mass is 10.3. The zero-order valence-corrected chi connectivity index (χ0v) is 9.98. The van der Waals surface area contributed by atoms with Crippen LogP contribution in [0.3, 0.4) is 0 Å². The van der Waals surface area contributed by atoms with Crippen LogP contribution in [0.4, 0.5) is 0 Å². The molecule has 0 saturated heterocycles. The zero-order valence-electron chi connectivity index (χ0n) is 9.16. The van der Waals surface area contributed by atoms with E-state index in [4.69, 9.17) is 5.73 Å². The Labute approximate surface area is 91.3 Å². The first-order valence-electron chi connectivity index (χ1n) is 5.19. The van der Waals surface area contributed by atoms with Crippen LogP contribution < -0.4 is 11.1 Å². The average Bonchev–Trinajstić information content (AvgIpc) is 2.14. The van der Waals surface area contributed by atoms with Gasteiger partial charge < -0.3 is 11.1 Å². The Hall–Kier alpha value is -0.620. The maximum Gasteiger partial charge on any atom is 0.235 e. The molecule has 0 aromatic carbocycles. The van der Waals surface area contributed by atoms with E-state index in [-0.39, 0.29) is 5.75 Å². The van der Waals surface area contributed by atoms with Gasteiger partial charge >= 0.3 is 0 Å². The van der Waals surface area contributed by atoms with E-state index in [2.05, 4.69) is 5.32 Å². The van der Waals surface area contributed by atoms with Gasteiger partial charge in [-0.25, -0.2) is 8.42 Å². The number of amides is 1. The number of carbonyl (C=O) groups is 1. The Kier molecular flexibility index (Phi) is 7.33. The van der Waals surface area contributed by atoms with Crippen molar-refractivity contribution in [1.82, 2.24) is 5.32 Å². The third-order valence-corrected chi connectivity index (χ3v) is 3.48. The minimum atomic E-state index is -3.27. The molecule has 15 heavy (non-hydrogen) atoms. The maximum absolute atomic E-state index is 11.3. The molecule has 0 spiro atoms. The van der Waals surface area contributed by atoms with Gasteiger partial charge in [-0.3, -0.25) is 4.79 Å². The van der Waals surface area contributed by atoms with Crippen molar-refractivity contribution >= 4 is 15.7 Å². The van der Waals surface area contributed by atoms with Crippen LogP contribution in [0.25, 0.3) is 0 Å². The second kappa shape index (κ2) is 7.64. The molecule has 3 N–H and O–H groups in total. The van der Waals surface area contributed by atoms with Crippen LogP contribution in [-0.4, -0.2) is 38.9 Å². The predicted molar refractivity (Wildman–Crippen MR) is 60.2 cm³/mol. The fourth-order valence-corrected chi connectivity index (χ4v) is 2.28. The van der Waals surface area contributed by atoms with Crippen LogP contribution in [-0.2, 0) is 14.6 Å². The number of nitrogens with two attached hydrogens (primary N) is 1. The molecule has 90 valence electrons. The summed E-state index contributed by atoms with van der Waals surface area (Å²) in [5, 5.41) is 2.57. The van der Waals surface area contributed by atoms with E-state index in [9.17, 15) is 13.2 Å². The van der Waals surface area contributed by atoms with Crippen LogP contribution in [0.1, 0.15) is 26.2 Å². The van der Waals surface area contributed by atoms with Gasteiger partial charge in [0, 0.05) is 6.54 Å². The molecule has 5 nitrogen and oxygen atoms in total. The number of sulfone groups is 1. The Morgan fingerprint density at radius 3 is 2.53 bits per heavy atom. The largest absolute Gasteiger partial charge is 0.355 e. The molecule has 0 heterocycles. The van der Waals surface area contributed by atoms with Crippen LogP contribution >= 0.6 is 0 Å². The van der Waals surface area contributed by atoms with Crippen molar-refractivity contribution < 1.29 is 13.2 Å². The second-order valence-electron chi connectivity index (χ2n) is 3.44. The van der Waals surface area contributed by atoms with Gasteiger partial charge in [0.15, 0.2) is 9.84 Å². The fourth-order valence-electron chi connectivity index (χ4n) is 1.03. The van der Waals surface area contributed by atoms with Crippen molar-refractivity contribution in [2.45, 2.75) is 26.2 Å². The molecule has 0 aliphatic rings. The highest BCUT2D eigenvalue weighted by Gasteiger charge is 2.15. The first-order valence-corrected chi connectivity index (χ1v) is 7.01. The van der Waals surface area contributed by atoms with Gasteiger partial charge in [-0.05, 0) is 19.4 Å². The monoisotopic (exact) mass is 236 g/mol. The molecule has 0 saturated carbocycles. The maximum atomic E-state index is 11.3. The lowest BCUT2D eigenvalue weighted by Crippen LogP contribution is -2.32. The molecule has 0 rings (SSSR count). The van der Waals surface area contributed by atoms with Crippen molar-refractivity contribution in [2.75, 3.05) is 24.6 Å². The minimum Gasteiger partial charge on any atom is -0.355 e. The highest BCUT2D eigenvalue weighted by Crippen LogP contribution is 1.93. The van der Waals surface area contributed by atoms with Crippen molar-refractivity contribution in [1.29, 1.82) is 0 Å². The standard InChI is InChI=1S/C9H20N2O3S/c1-2-3-6-11-9(12)8-15(13,14)7-4-5-10/h2-8,10H2,1H3,(H,11,12). The molecule has 0 aromatic heterocycles. The molecule has 0 radical (unpaired) electrons. The average molecular weight is 236 g/mol. The molecule has 6 heteroatoms. The Balaban J connectivity index is 3.84. The lowest BCUT2D eigenvalue weighted by molar-refractivity contribution is -0.118. The summed E-state index contributed by atoms with van der Waals surface area (Å²) in [5.74, 6) is -0.845. The van der Waals surface area contributed by atoms with Crippen LogP contribution in [0.2, 0.25) is 0 Å². The van der Waals surface area contributed by atoms with Crippen LogP contribution in [0.5, 0.6) is 0 Å². The SMILES string of the molecule is CCCCNC(=O)CS(=O)(=O)CCCN. The van der Waals surface area contributed by atoms with E-state index in [1.165, 1.54) is 0 Å².